The number of fused-ring (bicyclic) bond motifs is 1. The van der Waals surface area contributed by atoms with Crippen molar-refractivity contribution in [2.75, 3.05) is 12.2 Å². The van der Waals surface area contributed by atoms with Gasteiger partial charge in [0.25, 0.3) is 5.91 Å². The van der Waals surface area contributed by atoms with Crippen LogP contribution >= 0.6 is 0 Å². The number of carbonyl (C=O) groups excluding carboxylic acids is 2. The number of nitrogens with zero attached hydrogens (tertiary/aromatic N) is 1. The Kier molecular flexibility index (Phi) is 5.19. The molecule has 0 saturated carbocycles. The van der Waals surface area contributed by atoms with Crippen LogP contribution in [-0.2, 0) is 20.8 Å². The van der Waals surface area contributed by atoms with E-state index in [-0.39, 0.29) is 5.91 Å². The van der Waals surface area contributed by atoms with Gasteiger partial charge >= 0.3 is 6.09 Å². The number of carbonyl (C=O) groups is 2. The lowest BCUT2D eigenvalue weighted by Gasteiger charge is -2.33. The molecule has 2 aromatic carbocycles. The summed E-state index contributed by atoms with van der Waals surface area (Å²) in [6, 6.07) is 15.1. The molecule has 0 aliphatic carbocycles. The van der Waals surface area contributed by atoms with Crippen molar-refractivity contribution in [3.05, 3.63) is 54.1 Å². The molecule has 27 heavy (non-hydrogen) atoms. The summed E-state index contributed by atoms with van der Waals surface area (Å²) in [6.45, 7) is 5.32. The largest absolute Gasteiger partial charge is 0.444 e. The van der Waals surface area contributed by atoms with Crippen LogP contribution in [0.4, 0.5) is 10.5 Å². The van der Waals surface area contributed by atoms with Gasteiger partial charge in [-0.1, -0.05) is 42.5 Å². The molecule has 0 unspecified atom stereocenters. The van der Waals surface area contributed by atoms with Gasteiger partial charge in [0.1, 0.15) is 11.6 Å². The van der Waals surface area contributed by atoms with E-state index in [9.17, 15) is 9.59 Å². The van der Waals surface area contributed by atoms with E-state index in [0.717, 1.165) is 16.7 Å². The number of ether oxygens (including phenoxy) is 1. The van der Waals surface area contributed by atoms with E-state index in [4.69, 9.17) is 9.57 Å². The van der Waals surface area contributed by atoms with Crippen LogP contribution in [0.3, 0.4) is 0 Å². The molecule has 0 fully saturated rings. The highest BCUT2D eigenvalue weighted by atomic mass is 16.7. The minimum atomic E-state index is -0.741. The van der Waals surface area contributed by atoms with Gasteiger partial charge in [0, 0.05) is 6.42 Å². The van der Waals surface area contributed by atoms with Crippen molar-refractivity contribution in [3.63, 3.8) is 0 Å². The number of hydrogen-bond acceptors (Lipinski definition) is 4. The number of nitrogens with one attached hydrogen (secondary N) is 1. The van der Waals surface area contributed by atoms with Crippen LogP contribution in [0, 0.1) is 0 Å². The summed E-state index contributed by atoms with van der Waals surface area (Å²) >= 11 is 0. The maximum Gasteiger partial charge on any atom is 0.408 e. The van der Waals surface area contributed by atoms with E-state index >= 15 is 0 Å². The molecule has 0 spiro atoms. The maximum absolute atomic E-state index is 12.8. The summed E-state index contributed by atoms with van der Waals surface area (Å²) in [5.74, 6) is -0.332. The quantitative estimate of drug-likeness (QED) is 0.897. The Morgan fingerprint density at radius 2 is 1.81 bits per heavy atom. The standard InChI is InChI=1S/C21H24N2O4/c1-21(2,3)27-20(25)22-17-12-16-11-10-15(14-8-6-5-7-9-14)13-18(16)23(26-4)19(17)24/h5-11,13,17H,12H2,1-4H3,(H,22,25)/t17-/m1/s1. The average Bonchev–Trinajstić information content (AvgIpc) is 2.61. The van der Waals surface area contributed by atoms with E-state index in [1.165, 1.54) is 12.2 Å². The summed E-state index contributed by atoms with van der Waals surface area (Å²) in [6.07, 6.45) is -0.247. The average molecular weight is 368 g/mol. The minimum Gasteiger partial charge on any atom is -0.444 e. The molecule has 6 nitrogen and oxygen atoms in total. The highest BCUT2D eigenvalue weighted by Gasteiger charge is 2.35. The van der Waals surface area contributed by atoms with Crippen LogP contribution in [0.2, 0.25) is 0 Å². The van der Waals surface area contributed by atoms with Crippen molar-refractivity contribution in [2.24, 2.45) is 0 Å². The molecule has 3 rings (SSSR count). The summed E-state index contributed by atoms with van der Waals surface area (Å²) < 4.78 is 5.26. The van der Waals surface area contributed by atoms with Crippen LogP contribution in [0.5, 0.6) is 0 Å². The van der Waals surface area contributed by atoms with Crippen LogP contribution in [0.25, 0.3) is 11.1 Å². The zero-order valence-electron chi connectivity index (χ0n) is 16.0. The summed E-state index contributed by atoms with van der Waals surface area (Å²) in [5.41, 5.74) is 3.01. The van der Waals surface area contributed by atoms with E-state index in [0.29, 0.717) is 12.1 Å². The molecule has 0 aromatic heterocycles. The fraction of sp³-hybridized carbons (Fsp3) is 0.333. The maximum atomic E-state index is 12.8. The van der Waals surface area contributed by atoms with Crippen LogP contribution in [0.15, 0.2) is 48.5 Å². The van der Waals surface area contributed by atoms with Crippen LogP contribution in [-0.4, -0.2) is 30.8 Å². The Bertz CT molecular complexity index is 843. The molecular weight excluding hydrogens is 344 g/mol. The molecule has 2 amide bonds. The SMILES string of the molecule is CON1C(=O)[C@H](NC(=O)OC(C)(C)C)Cc2ccc(-c3ccccc3)cc21. The monoisotopic (exact) mass is 368 g/mol. The summed E-state index contributed by atoms with van der Waals surface area (Å²) in [4.78, 5) is 30.2. The number of benzene rings is 2. The first-order valence-electron chi connectivity index (χ1n) is 8.84. The van der Waals surface area contributed by atoms with E-state index in [2.05, 4.69) is 5.32 Å². The van der Waals surface area contributed by atoms with E-state index in [1.54, 1.807) is 20.8 Å². The van der Waals surface area contributed by atoms with Crippen molar-refractivity contribution in [1.29, 1.82) is 0 Å². The van der Waals surface area contributed by atoms with Crippen molar-refractivity contribution >= 4 is 17.7 Å². The Morgan fingerprint density at radius 3 is 2.44 bits per heavy atom. The van der Waals surface area contributed by atoms with Crippen LogP contribution < -0.4 is 10.4 Å². The topological polar surface area (TPSA) is 67.9 Å². The van der Waals surface area contributed by atoms with Gasteiger partial charge in [0.2, 0.25) is 0 Å². The molecule has 1 aliphatic rings. The molecule has 2 aromatic rings. The van der Waals surface area contributed by atoms with E-state index < -0.39 is 17.7 Å². The number of hydrogen-bond donors (Lipinski definition) is 1. The lowest BCUT2D eigenvalue weighted by molar-refractivity contribution is -0.127. The van der Waals surface area contributed by atoms with Gasteiger partial charge in [-0.2, -0.15) is 5.06 Å². The molecular formula is C21H24N2O4. The lowest BCUT2D eigenvalue weighted by Crippen LogP contribution is -2.53. The van der Waals surface area contributed by atoms with Gasteiger partial charge in [0.05, 0.1) is 12.8 Å². The zero-order valence-corrected chi connectivity index (χ0v) is 16.0. The second-order valence-electron chi connectivity index (χ2n) is 7.43. The minimum absolute atomic E-state index is 0.332. The fourth-order valence-electron chi connectivity index (χ4n) is 3.05. The highest BCUT2D eigenvalue weighted by molar-refractivity contribution is 6.00. The zero-order chi connectivity index (χ0) is 19.6. The third-order valence-corrected chi connectivity index (χ3v) is 4.21. The number of anilines is 1. The molecule has 0 saturated heterocycles. The van der Waals surface area contributed by atoms with Gasteiger partial charge in [-0.15, -0.1) is 0 Å². The van der Waals surface area contributed by atoms with Gasteiger partial charge in [0.15, 0.2) is 0 Å². The van der Waals surface area contributed by atoms with Gasteiger partial charge < -0.3 is 10.1 Å². The second-order valence-corrected chi connectivity index (χ2v) is 7.43. The van der Waals surface area contributed by atoms with Crippen molar-refractivity contribution in [1.82, 2.24) is 5.32 Å². The normalized spacial score (nSPS) is 16.7. The van der Waals surface area contributed by atoms with Gasteiger partial charge in [-0.25, -0.2) is 4.79 Å². The van der Waals surface area contributed by atoms with Gasteiger partial charge in [-0.3, -0.25) is 9.63 Å². The molecule has 142 valence electrons. The molecule has 0 radical (unpaired) electrons. The molecule has 6 heteroatoms. The number of alkyl carbamates (subject to hydrolysis) is 1. The van der Waals surface area contributed by atoms with Crippen molar-refractivity contribution in [3.8, 4) is 11.1 Å². The first kappa shape index (κ1) is 18.9. The summed E-state index contributed by atoms with van der Waals surface area (Å²) in [5, 5.41) is 3.87. The van der Waals surface area contributed by atoms with Gasteiger partial charge in [-0.05, 0) is 43.5 Å². The molecule has 0 bridgehead atoms. The van der Waals surface area contributed by atoms with Crippen molar-refractivity contribution < 1.29 is 19.2 Å². The smallest absolute Gasteiger partial charge is 0.408 e. The Labute approximate surface area is 159 Å². The van der Waals surface area contributed by atoms with Crippen LogP contribution in [0.1, 0.15) is 26.3 Å². The first-order chi connectivity index (χ1) is 12.8. The number of hydroxylamine groups is 1. The Balaban J connectivity index is 1.86. The third kappa shape index (κ3) is 4.28. The lowest BCUT2D eigenvalue weighted by atomic mass is 9.95. The second kappa shape index (κ2) is 7.40. The predicted octanol–water partition coefficient (Wildman–Crippen LogP) is 3.70. The van der Waals surface area contributed by atoms with Crippen molar-refractivity contribution in [2.45, 2.75) is 38.8 Å². The highest BCUT2D eigenvalue weighted by Crippen LogP contribution is 2.33. The molecule has 1 heterocycles. The molecule has 1 atom stereocenters. The Hall–Kier alpha value is -2.86. The third-order valence-electron chi connectivity index (χ3n) is 4.21. The predicted molar refractivity (Wildman–Crippen MR) is 103 cm³/mol. The number of amides is 2. The van der Waals surface area contributed by atoms with E-state index in [1.807, 2.05) is 48.5 Å². The molecule has 1 aliphatic heterocycles. The first-order valence-corrected chi connectivity index (χ1v) is 8.84. The Morgan fingerprint density at radius 1 is 1.11 bits per heavy atom. The molecule has 1 N–H and O–H groups in total. The number of rotatable bonds is 3. The summed E-state index contributed by atoms with van der Waals surface area (Å²) in [7, 11) is 1.44. The fourth-order valence-corrected chi connectivity index (χ4v) is 3.05.